The van der Waals surface area contributed by atoms with Crippen molar-refractivity contribution in [3.63, 3.8) is 0 Å². The number of rotatable bonds is 8. The fraction of sp³-hybridized carbons (Fsp3) is 0.667. The van der Waals surface area contributed by atoms with Gasteiger partial charge in [0.2, 0.25) is 0 Å². The maximum Gasteiger partial charge on any atom is 0.191 e. The minimum Gasteiger partial charge on any atom is -0.380 e. The molecule has 122 valence electrons. The second kappa shape index (κ2) is 11.3. The lowest BCUT2D eigenvalue weighted by atomic mass is 9.92. The van der Waals surface area contributed by atoms with Crippen molar-refractivity contribution in [1.82, 2.24) is 10.6 Å². The third kappa shape index (κ3) is 8.01. The lowest BCUT2D eigenvalue weighted by Crippen LogP contribution is -2.40. The van der Waals surface area contributed by atoms with Gasteiger partial charge in [0.05, 0.1) is 13.2 Å². The Labute approximate surface area is 149 Å². The highest BCUT2D eigenvalue weighted by atomic mass is 127. The number of guanidine groups is 1. The highest BCUT2D eigenvalue weighted by molar-refractivity contribution is 14.0. The molecule has 0 aliphatic carbocycles. The van der Waals surface area contributed by atoms with Crippen molar-refractivity contribution in [3.05, 3.63) is 22.4 Å². The SMILES string of the molecule is CCNC(=NCC(C)(C)c1cccs1)NCCOCC.I. The van der Waals surface area contributed by atoms with Crippen molar-refractivity contribution in [2.24, 2.45) is 4.99 Å². The summed E-state index contributed by atoms with van der Waals surface area (Å²) in [6, 6.07) is 4.27. The van der Waals surface area contributed by atoms with Crippen LogP contribution in [0.5, 0.6) is 0 Å². The third-order valence-electron chi connectivity index (χ3n) is 2.91. The predicted octanol–water partition coefficient (Wildman–Crippen LogP) is 3.24. The highest BCUT2D eigenvalue weighted by Crippen LogP contribution is 2.27. The first-order valence-corrected chi connectivity index (χ1v) is 8.12. The molecule has 0 saturated carbocycles. The van der Waals surface area contributed by atoms with E-state index >= 15 is 0 Å². The normalized spacial score (nSPS) is 11.9. The second-order valence-electron chi connectivity index (χ2n) is 5.18. The van der Waals surface area contributed by atoms with Crippen LogP contribution in [0.15, 0.2) is 22.5 Å². The quantitative estimate of drug-likeness (QED) is 0.291. The molecule has 4 nitrogen and oxygen atoms in total. The Balaban J connectivity index is 0.00000400. The van der Waals surface area contributed by atoms with E-state index in [4.69, 9.17) is 4.74 Å². The van der Waals surface area contributed by atoms with E-state index in [2.05, 4.69) is 53.9 Å². The summed E-state index contributed by atoms with van der Waals surface area (Å²) in [6.07, 6.45) is 0. The van der Waals surface area contributed by atoms with E-state index in [0.717, 1.165) is 32.2 Å². The maximum atomic E-state index is 5.32. The van der Waals surface area contributed by atoms with Gasteiger partial charge in [0.1, 0.15) is 0 Å². The molecule has 1 aromatic heterocycles. The molecule has 0 aliphatic heterocycles. The number of nitrogens with zero attached hydrogens (tertiary/aromatic N) is 1. The summed E-state index contributed by atoms with van der Waals surface area (Å²) in [4.78, 5) is 6.05. The summed E-state index contributed by atoms with van der Waals surface area (Å²) in [5, 5.41) is 8.67. The van der Waals surface area contributed by atoms with Gasteiger partial charge in [-0.1, -0.05) is 19.9 Å². The molecule has 0 aliphatic rings. The summed E-state index contributed by atoms with van der Waals surface area (Å²) in [5.41, 5.74) is 0.0659. The summed E-state index contributed by atoms with van der Waals surface area (Å²) in [7, 11) is 0. The first-order chi connectivity index (χ1) is 9.60. The Morgan fingerprint density at radius 2 is 2.10 bits per heavy atom. The highest BCUT2D eigenvalue weighted by Gasteiger charge is 2.21. The molecule has 1 aromatic rings. The topological polar surface area (TPSA) is 45.7 Å². The van der Waals surface area contributed by atoms with E-state index in [-0.39, 0.29) is 29.4 Å². The zero-order valence-corrected chi connectivity index (χ0v) is 16.6. The van der Waals surface area contributed by atoms with Gasteiger partial charge in [-0.2, -0.15) is 0 Å². The molecule has 2 N–H and O–H groups in total. The van der Waals surface area contributed by atoms with Crippen molar-refractivity contribution < 1.29 is 4.74 Å². The molecule has 0 amide bonds. The molecular weight excluding hydrogens is 397 g/mol. The molecule has 0 aromatic carbocycles. The second-order valence-corrected chi connectivity index (χ2v) is 6.13. The summed E-state index contributed by atoms with van der Waals surface area (Å²) < 4.78 is 5.32. The van der Waals surface area contributed by atoms with E-state index in [0.29, 0.717) is 6.61 Å². The molecule has 0 unspecified atom stereocenters. The molecular formula is C15H28IN3OS. The average molecular weight is 425 g/mol. The van der Waals surface area contributed by atoms with E-state index in [1.54, 1.807) is 11.3 Å². The van der Waals surface area contributed by atoms with Crippen molar-refractivity contribution in [1.29, 1.82) is 0 Å². The first-order valence-electron chi connectivity index (χ1n) is 7.24. The molecule has 21 heavy (non-hydrogen) atoms. The number of aliphatic imine (C=N–C) groups is 1. The zero-order valence-electron chi connectivity index (χ0n) is 13.4. The molecule has 6 heteroatoms. The fourth-order valence-corrected chi connectivity index (χ4v) is 2.59. The van der Waals surface area contributed by atoms with Crippen LogP contribution >= 0.6 is 35.3 Å². The van der Waals surface area contributed by atoms with Crippen molar-refractivity contribution in [2.45, 2.75) is 33.1 Å². The molecule has 0 saturated heterocycles. The van der Waals surface area contributed by atoms with Crippen LogP contribution in [0.2, 0.25) is 0 Å². The maximum absolute atomic E-state index is 5.32. The van der Waals surface area contributed by atoms with Crippen LogP contribution in [0.3, 0.4) is 0 Å². The number of hydrogen-bond donors (Lipinski definition) is 2. The van der Waals surface area contributed by atoms with Crippen LogP contribution in [0, 0.1) is 0 Å². The van der Waals surface area contributed by atoms with Crippen LogP contribution in [0.1, 0.15) is 32.6 Å². The van der Waals surface area contributed by atoms with Crippen LogP contribution in [0.25, 0.3) is 0 Å². The first kappa shape index (κ1) is 20.7. The van der Waals surface area contributed by atoms with Crippen LogP contribution in [-0.2, 0) is 10.2 Å². The standard InChI is InChI=1S/C15H27N3OS.HI/c1-5-16-14(17-9-10-19-6-2)18-12-15(3,4)13-8-7-11-20-13;/h7-8,11H,5-6,9-10,12H2,1-4H3,(H2,16,17,18);1H. The van der Waals surface area contributed by atoms with Gasteiger partial charge in [0.25, 0.3) is 0 Å². The molecule has 0 fully saturated rings. The van der Waals surface area contributed by atoms with Crippen molar-refractivity contribution in [2.75, 3.05) is 32.8 Å². The molecule has 1 heterocycles. The van der Waals surface area contributed by atoms with Gasteiger partial charge in [0.15, 0.2) is 5.96 Å². The van der Waals surface area contributed by atoms with Gasteiger partial charge in [-0.05, 0) is 25.3 Å². The van der Waals surface area contributed by atoms with E-state index in [1.165, 1.54) is 4.88 Å². The molecule has 0 atom stereocenters. The minimum atomic E-state index is 0. The number of halogens is 1. The fourth-order valence-electron chi connectivity index (χ4n) is 1.75. The zero-order chi connectivity index (χ0) is 14.8. The Morgan fingerprint density at radius 3 is 2.67 bits per heavy atom. The van der Waals surface area contributed by atoms with Crippen LogP contribution < -0.4 is 10.6 Å². The van der Waals surface area contributed by atoms with Gasteiger partial charge < -0.3 is 15.4 Å². The van der Waals surface area contributed by atoms with Gasteiger partial charge in [0, 0.05) is 30.0 Å². The van der Waals surface area contributed by atoms with Gasteiger partial charge in [-0.15, -0.1) is 35.3 Å². The monoisotopic (exact) mass is 425 g/mol. The Hall–Kier alpha value is -0.340. The lowest BCUT2D eigenvalue weighted by molar-refractivity contribution is 0.152. The molecule has 1 rings (SSSR count). The lowest BCUT2D eigenvalue weighted by Gasteiger charge is -2.21. The van der Waals surface area contributed by atoms with Gasteiger partial charge >= 0.3 is 0 Å². The van der Waals surface area contributed by atoms with Gasteiger partial charge in [-0.25, -0.2) is 0 Å². The predicted molar refractivity (Wildman–Crippen MR) is 103 cm³/mol. The minimum absolute atomic E-state index is 0. The average Bonchev–Trinajstić information content (AvgIpc) is 2.95. The Bertz CT molecular complexity index is 394. The van der Waals surface area contributed by atoms with Crippen LogP contribution in [0.4, 0.5) is 0 Å². The van der Waals surface area contributed by atoms with Gasteiger partial charge in [-0.3, -0.25) is 4.99 Å². The smallest absolute Gasteiger partial charge is 0.191 e. The summed E-state index contributed by atoms with van der Waals surface area (Å²) in [5.74, 6) is 0.858. The third-order valence-corrected chi connectivity index (χ3v) is 4.14. The van der Waals surface area contributed by atoms with E-state index in [1.807, 2.05) is 6.92 Å². The van der Waals surface area contributed by atoms with E-state index < -0.39 is 0 Å². The van der Waals surface area contributed by atoms with Crippen LogP contribution in [-0.4, -0.2) is 38.8 Å². The molecule has 0 bridgehead atoms. The molecule has 0 radical (unpaired) electrons. The summed E-state index contributed by atoms with van der Waals surface area (Å²) >= 11 is 1.79. The Kier molecular flexibility index (Phi) is 11.1. The molecule has 0 spiro atoms. The number of ether oxygens (including phenoxy) is 1. The Morgan fingerprint density at radius 1 is 1.33 bits per heavy atom. The van der Waals surface area contributed by atoms with Crippen molar-refractivity contribution in [3.8, 4) is 0 Å². The number of thiophene rings is 1. The van der Waals surface area contributed by atoms with E-state index in [9.17, 15) is 0 Å². The number of nitrogens with one attached hydrogen (secondary N) is 2. The van der Waals surface area contributed by atoms with Crippen molar-refractivity contribution >= 4 is 41.3 Å². The number of hydrogen-bond acceptors (Lipinski definition) is 3. The summed E-state index contributed by atoms with van der Waals surface area (Å²) in [6.45, 7) is 12.4. The largest absolute Gasteiger partial charge is 0.380 e.